The number of benzene rings is 2. The number of aliphatic carboxylic acids is 1. The SMILES string of the molecule is COC(=O)C1[C@@H](c2ccc(O)cc2)C(C(=O)O)[C@@H]1c1ccc(O)cc1. The van der Waals surface area contributed by atoms with E-state index >= 15 is 0 Å². The van der Waals surface area contributed by atoms with E-state index in [4.69, 9.17) is 4.74 Å². The first-order valence-electron chi connectivity index (χ1n) is 7.82. The summed E-state index contributed by atoms with van der Waals surface area (Å²) < 4.78 is 4.90. The van der Waals surface area contributed by atoms with E-state index in [2.05, 4.69) is 0 Å². The van der Waals surface area contributed by atoms with Gasteiger partial charge in [0.2, 0.25) is 0 Å². The van der Waals surface area contributed by atoms with Crippen molar-refractivity contribution in [2.24, 2.45) is 11.8 Å². The van der Waals surface area contributed by atoms with Crippen LogP contribution < -0.4 is 0 Å². The standard InChI is InChI=1S/C19H18O6/c1-25-19(24)17-14(10-2-6-12(20)7-3-10)16(18(22)23)15(17)11-4-8-13(21)9-5-11/h2-9,14-17,20-21H,1H3,(H,22,23)/t14-,15-,16?,17?/m0/s1. The molecule has 1 aliphatic carbocycles. The molecule has 2 aromatic carbocycles. The van der Waals surface area contributed by atoms with Gasteiger partial charge in [-0.05, 0) is 35.4 Å². The number of phenols is 2. The van der Waals surface area contributed by atoms with Crippen molar-refractivity contribution in [3.05, 3.63) is 59.7 Å². The Morgan fingerprint density at radius 3 is 1.52 bits per heavy atom. The highest BCUT2D eigenvalue weighted by atomic mass is 16.5. The van der Waals surface area contributed by atoms with Gasteiger partial charge in [0.15, 0.2) is 0 Å². The third-order valence-corrected chi connectivity index (χ3v) is 4.86. The van der Waals surface area contributed by atoms with Crippen molar-refractivity contribution >= 4 is 11.9 Å². The van der Waals surface area contributed by atoms with Crippen molar-refractivity contribution in [3.8, 4) is 11.5 Å². The van der Waals surface area contributed by atoms with E-state index in [-0.39, 0.29) is 11.5 Å². The van der Waals surface area contributed by atoms with Gasteiger partial charge in [0.05, 0.1) is 18.9 Å². The number of methoxy groups -OCH3 is 1. The van der Waals surface area contributed by atoms with E-state index in [1.165, 1.54) is 31.4 Å². The van der Waals surface area contributed by atoms with E-state index in [0.29, 0.717) is 11.1 Å². The molecule has 3 N–H and O–H groups in total. The smallest absolute Gasteiger partial charge is 0.309 e. The van der Waals surface area contributed by atoms with E-state index in [0.717, 1.165) is 0 Å². The van der Waals surface area contributed by atoms with Gasteiger partial charge in [0.1, 0.15) is 11.5 Å². The molecule has 2 atom stereocenters. The number of carboxylic acids is 1. The number of carbonyl (C=O) groups excluding carboxylic acids is 1. The van der Waals surface area contributed by atoms with Crippen LogP contribution in [0.2, 0.25) is 0 Å². The topological polar surface area (TPSA) is 104 Å². The van der Waals surface area contributed by atoms with Crippen molar-refractivity contribution < 1.29 is 29.6 Å². The molecule has 1 aliphatic rings. The summed E-state index contributed by atoms with van der Waals surface area (Å²) in [7, 11) is 1.28. The molecule has 6 heteroatoms. The van der Waals surface area contributed by atoms with E-state index in [9.17, 15) is 24.9 Å². The number of phenolic OH excluding ortho intramolecular Hbond substituents is 2. The highest BCUT2D eigenvalue weighted by molar-refractivity contribution is 5.84. The van der Waals surface area contributed by atoms with Gasteiger partial charge in [-0.2, -0.15) is 0 Å². The normalized spacial score (nSPS) is 25.0. The molecule has 0 saturated heterocycles. The van der Waals surface area contributed by atoms with Crippen LogP contribution >= 0.6 is 0 Å². The fourth-order valence-electron chi connectivity index (χ4n) is 3.71. The summed E-state index contributed by atoms with van der Waals surface area (Å²) in [6.45, 7) is 0. The van der Waals surface area contributed by atoms with E-state index < -0.39 is 35.6 Å². The summed E-state index contributed by atoms with van der Waals surface area (Å²) in [4.78, 5) is 24.2. The summed E-state index contributed by atoms with van der Waals surface area (Å²) in [6, 6.07) is 12.4. The number of aromatic hydroxyl groups is 2. The van der Waals surface area contributed by atoms with Gasteiger partial charge in [-0.3, -0.25) is 9.59 Å². The second-order valence-corrected chi connectivity index (χ2v) is 6.15. The van der Waals surface area contributed by atoms with E-state index in [1.54, 1.807) is 24.3 Å². The van der Waals surface area contributed by atoms with Gasteiger partial charge in [-0.25, -0.2) is 0 Å². The Morgan fingerprint density at radius 1 is 0.800 bits per heavy atom. The number of carbonyl (C=O) groups is 2. The maximum Gasteiger partial charge on any atom is 0.309 e. The molecule has 1 saturated carbocycles. The van der Waals surface area contributed by atoms with Crippen LogP contribution in [0.5, 0.6) is 11.5 Å². The van der Waals surface area contributed by atoms with Gasteiger partial charge in [-0.1, -0.05) is 24.3 Å². The summed E-state index contributed by atoms with van der Waals surface area (Å²) in [5.41, 5.74) is 1.33. The lowest BCUT2D eigenvalue weighted by Crippen LogP contribution is -2.51. The molecule has 6 nitrogen and oxygen atoms in total. The molecule has 0 radical (unpaired) electrons. The molecule has 25 heavy (non-hydrogen) atoms. The summed E-state index contributed by atoms with van der Waals surface area (Å²) in [5, 5.41) is 28.6. The number of esters is 1. The van der Waals surface area contributed by atoms with E-state index in [1.807, 2.05) is 0 Å². The lowest BCUT2D eigenvalue weighted by Gasteiger charge is -2.48. The first-order valence-corrected chi connectivity index (χ1v) is 7.82. The zero-order valence-electron chi connectivity index (χ0n) is 13.5. The maximum atomic E-state index is 12.3. The Labute approximate surface area is 144 Å². The average molecular weight is 342 g/mol. The minimum atomic E-state index is -1.00. The summed E-state index contributed by atoms with van der Waals surface area (Å²) >= 11 is 0. The molecule has 0 unspecified atom stereocenters. The van der Waals surface area contributed by atoms with Gasteiger partial charge < -0.3 is 20.1 Å². The van der Waals surface area contributed by atoms with Gasteiger partial charge in [0, 0.05) is 11.8 Å². The van der Waals surface area contributed by atoms with Crippen LogP contribution in [0.4, 0.5) is 0 Å². The Hall–Kier alpha value is -3.02. The van der Waals surface area contributed by atoms with Crippen LogP contribution in [0.25, 0.3) is 0 Å². The molecule has 3 rings (SSSR count). The Kier molecular flexibility index (Phi) is 4.35. The quantitative estimate of drug-likeness (QED) is 0.738. The van der Waals surface area contributed by atoms with Gasteiger partial charge in [-0.15, -0.1) is 0 Å². The molecular weight excluding hydrogens is 324 g/mol. The van der Waals surface area contributed by atoms with Gasteiger partial charge in [0.25, 0.3) is 0 Å². The summed E-state index contributed by atoms with van der Waals surface area (Å²) in [6.07, 6.45) is 0. The molecule has 0 aliphatic heterocycles. The Balaban J connectivity index is 2.04. The minimum Gasteiger partial charge on any atom is -0.508 e. The minimum absolute atomic E-state index is 0.0691. The predicted octanol–water partition coefficient (Wildman–Crippen LogP) is 2.47. The number of carboxylic acid groups (broad SMARTS) is 1. The van der Waals surface area contributed by atoms with Crippen LogP contribution in [0, 0.1) is 11.8 Å². The predicted molar refractivity (Wildman–Crippen MR) is 88.3 cm³/mol. The van der Waals surface area contributed by atoms with Crippen LogP contribution in [0.1, 0.15) is 23.0 Å². The van der Waals surface area contributed by atoms with Crippen LogP contribution in [-0.2, 0) is 14.3 Å². The lowest BCUT2D eigenvalue weighted by atomic mass is 9.52. The van der Waals surface area contributed by atoms with Crippen molar-refractivity contribution in [2.45, 2.75) is 11.8 Å². The van der Waals surface area contributed by atoms with Crippen molar-refractivity contribution in [2.75, 3.05) is 7.11 Å². The number of hydrogen-bond donors (Lipinski definition) is 3. The molecule has 2 aromatic rings. The van der Waals surface area contributed by atoms with Crippen LogP contribution in [-0.4, -0.2) is 34.4 Å². The van der Waals surface area contributed by atoms with Crippen molar-refractivity contribution in [1.82, 2.24) is 0 Å². The fourth-order valence-corrected chi connectivity index (χ4v) is 3.71. The number of rotatable bonds is 4. The fraction of sp³-hybridized carbons (Fsp3) is 0.263. The Bertz CT molecular complexity index is 727. The highest BCUT2D eigenvalue weighted by Gasteiger charge is 2.58. The largest absolute Gasteiger partial charge is 0.508 e. The third kappa shape index (κ3) is 2.91. The molecule has 1 fully saturated rings. The first kappa shape index (κ1) is 16.8. The Morgan fingerprint density at radius 2 is 1.20 bits per heavy atom. The van der Waals surface area contributed by atoms with Crippen molar-refractivity contribution in [1.29, 1.82) is 0 Å². The molecule has 0 heterocycles. The molecule has 0 spiro atoms. The van der Waals surface area contributed by atoms with Crippen LogP contribution in [0.3, 0.4) is 0 Å². The molecule has 130 valence electrons. The first-order chi connectivity index (χ1) is 11.9. The van der Waals surface area contributed by atoms with Crippen LogP contribution in [0.15, 0.2) is 48.5 Å². The molecule has 0 aromatic heterocycles. The zero-order valence-corrected chi connectivity index (χ0v) is 13.5. The third-order valence-electron chi connectivity index (χ3n) is 4.86. The number of hydrogen-bond acceptors (Lipinski definition) is 5. The number of ether oxygens (including phenoxy) is 1. The average Bonchev–Trinajstić information content (AvgIpc) is 2.57. The second kappa shape index (κ2) is 6.47. The molecule has 0 amide bonds. The summed E-state index contributed by atoms with van der Waals surface area (Å²) in [5.74, 6) is -3.91. The molecular formula is C19H18O6. The van der Waals surface area contributed by atoms with Crippen molar-refractivity contribution in [3.63, 3.8) is 0 Å². The van der Waals surface area contributed by atoms with Gasteiger partial charge >= 0.3 is 11.9 Å². The highest BCUT2D eigenvalue weighted by Crippen LogP contribution is 2.58. The molecule has 0 bridgehead atoms. The lowest BCUT2D eigenvalue weighted by molar-refractivity contribution is -0.162. The second-order valence-electron chi connectivity index (χ2n) is 6.15. The zero-order chi connectivity index (χ0) is 18.1. The maximum absolute atomic E-state index is 12.3. The monoisotopic (exact) mass is 342 g/mol.